The molecule has 0 aliphatic carbocycles. The Morgan fingerprint density at radius 2 is 1.43 bits per heavy atom. The molecule has 0 bridgehead atoms. The van der Waals surface area contributed by atoms with Crippen LogP contribution in [0.3, 0.4) is 0 Å². The van der Waals surface area contributed by atoms with Crippen LogP contribution >= 0.6 is 0 Å². The van der Waals surface area contributed by atoms with E-state index in [9.17, 15) is 17.6 Å². The third-order valence-corrected chi connectivity index (χ3v) is 3.74. The predicted molar refractivity (Wildman–Crippen MR) is 72.6 cm³/mol. The van der Waals surface area contributed by atoms with Crippen LogP contribution in [0.2, 0.25) is 0 Å². The van der Waals surface area contributed by atoms with Gasteiger partial charge in [-0.2, -0.15) is 0 Å². The lowest BCUT2D eigenvalue weighted by Crippen LogP contribution is -2.07. The summed E-state index contributed by atoms with van der Waals surface area (Å²) in [6.45, 7) is 3.44. The molecule has 0 amide bonds. The minimum absolute atomic E-state index is 0.210. The van der Waals surface area contributed by atoms with E-state index in [-0.39, 0.29) is 6.07 Å². The molecule has 5 heteroatoms. The largest absolute Gasteiger partial charge is 0.308 e. The molecule has 0 N–H and O–H groups in total. The number of hydrogen-bond acceptors (Lipinski definition) is 0. The topological polar surface area (TPSA) is 4.93 Å². The van der Waals surface area contributed by atoms with Crippen LogP contribution in [0.1, 0.15) is 11.3 Å². The SMILES string of the molecule is Cc1c(C)n(-c2c(F)c(F)cc(F)c2F)c2ccccc12. The van der Waals surface area contributed by atoms with Crippen molar-refractivity contribution < 1.29 is 17.6 Å². The molecule has 1 nitrogen and oxygen atoms in total. The number of benzene rings is 2. The van der Waals surface area contributed by atoms with Gasteiger partial charge in [-0.3, -0.25) is 0 Å². The highest BCUT2D eigenvalue weighted by Crippen LogP contribution is 2.32. The third kappa shape index (κ3) is 1.84. The van der Waals surface area contributed by atoms with Gasteiger partial charge in [0.05, 0.1) is 5.52 Å². The Kier molecular flexibility index (Phi) is 3.01. The molecular formula is C16H11F4N. The molecule has 0 spiro atoms. The summed E-state index contributed by atoms with van der Waals surface area (Å²) in [5, 5.41) is 0.776. The van der Waals surface area contributed by atoms with Crippen LogP contribution in [0.25, 0.3) is 16.6 Å². The van der Waals surface area contributed by atoms with Crippen molar-refractivity contribution >= 4 is 10.9 Å². The van der Waals surface area contributed by atoms with Gasteiger partial charge in [0.15, 0.2) is 23.3 Å². The zero-order valence-electron chi connectivity index (χ0n) is 11.3. The second-order valence-corrected chi connectivity index (χ2v) is 4.88. The van der Waals surface area contributed by atoms with Crippen LogP contribution in [-0.4, -0.2) is 4.57 Å². The van der Waals surface area contributed by atoms with Crippen molar-refractivity contribution in [1.29, 1.82) is 0 Å². The molecule has 0 atom stereocenters. The quantitative estimate of drug-likeness (QED) is 0.448. The van der Waals surface area contributed by atoms with E-state index in [1.54, 1.807) is 38.1 Å². The van der Waals surface area contributed by atoms with Crippen molar-refractivity contribution in [2.75, 3.05) is 0 Å². The Labute approximate surface area is 118 Å². The first-order valence-electron chi connectivity index (χ1n) is 6.33. The third-order valence-electron chi connectivity index (χ3n) is 3.74. The van der Waals surface area contributed by atoms with Crippen molar-refractivity contribution in [2.24, 2.45) is 0 Å². The van der Waals surface area contributed by atoms with E-state index in [1.807, 2.05) is 0 Å². The Bertz CT molecular complexity index is 838. The van der Waals surface area contributed by atoms with Crippen LogP contribution in [0.5, 0.6) is 0 Å². The summed E-state index contributed by atoms with van der Waals surface area (Å²) >= 11 is 0. The highest BCUT2D eigenvalue weighted by molar-refractivity contribution is 5.87. The number of rotatable bonds is 1. The summed E-state index contributed by atoms with van der Waals surface area (Å²) in [7, 11) is 0. The standard InChI is InChI=1S/C16H11F4N/c1-8-9(2)21(13-6-4-3-5-10(8)13)16-14(19)11(17)7-12(18)15(16)20/h3-7H,1-2H3. The Morgan fingerprint density at radius 1 is 0.857 bits per heavy atom. The van der Waals surface area contributed by atoms with E-state index >= 15 is 0 Å². The summed E-state index contributed by atoms with van der Waals surface area (Å²) in [5.41, 5.74) is 1.10. The Balaban J connectivity index is 2.50. The fourth-order valence-corrected chi connectivity index (χ4v) is 2.57. The van der Waals surface area contributed by atoms with Crippen molar-refractivity contribution in [3.63, 3.8) is 0 Å². The molecule has 1 heterocycles. The van der Waals surface area contributed by atoms with Gasteiger partial charge in [0.2, 0.25) is 0 Å². The zero-order chi connectivity index (χ0) is 15.3. The molecule has 0 aliphatic rings. The van der Waals surface area contributed by atoms with Crippen molar-refractivity contribution in [2.45, 2.75) is 13.8 Å². The molecule has 108 valence electrons. The lowest BCUT2D eigenvalue weighted by atomic mass is 10.2. The average molecular weight is 293 g/mol. The van der Waals surface area contributed by atoms with Crippen LogP contribution in [0.4, 0.5) is 17.6 Å². The smallest absolute Gasteiger partial charge is 0.186 e. The number of aromatic nitrogens is 1. The Hall–Kier alpha value is -2.30. The number of hydrogen-bond donors (Lipinski definition) is 0. The molecule has 0 radical (unpaired) electrons. The van der Waals surface area contributed by atoms with E-state index in [1.165, 1.54) is 4.57 Å². The van der Waals surface area contributed by atoms with Crippen LogP contribution in [0, 0.1) is 37.1 Å². The molecule has 2 aromatic carbocycles. The minimum atomic E-state index is -1.42. The predicted octanol–water partition coefficient (Wildman–Crippen LogP) is 4.80. The molecule has 3 aromatic rings. The lowest BCUT2D eigenvalue weighted by molar-refractivity contribution is 0.448. The van der Waals surface area contributed by atoms with E-state index < -0.39 is 29.0 Å². The first-order chi connectivity index (χ1) is 9.93. The van der Waals surface area contributed by atoms with Gasteiger partial charge in [-0.25, -0.2) is 17.6 Å². The van der Waals surface area contributed by atoms with Gasteiger partial charge >= 0.3 is 0 Å². The van der Waals surface area contributed by atoms with Crippen molar-refractivity contribution in [3.05, 3.63) is 64.9 Å². The van der Waals surface area contributed by atoms with Crippen LogP contribution < -0.4 is 0 Å². The molecular weight excluding hydrogens is 282 g/mol. The molecule has 0 fully saturated rings. The molecule has 1 aromatic heterocycles. The van der Waals surface area contributed by atoms with E-state index in [4.69, 9.17) is 0 Å². The number of aryl methyl sites for hydroxylation is 1. The fraction of sp³-hybridized carbons (Fsp3) is 0.125. The first kappa shape index (κ1) is 13.7. The number of fused-ring (bicyclic) bond motifs is 1. The van der Waals surface area contributed by atoms with E-state index in [2.05, 4.69) is 0 Å². The van der Waals surface area contributed by atoms with E-state index in [0.29, 0.717) is 11.2 Å². The maximum Gasteiger partial charge on any atom is 0.186 e. The van der Waals surface area contributed by atoms with E-state index in [0.717, 1.165) is 10.9 Å². The van der Waals surface area contributed by atoms with Crippen molar-refractivity contribution in [3.8, 4) is 5.69 Å². The van der Waals surface area contributed by atoms with Gasteiger partial charge in [-0.15, -0.1) is 0 Å². The average Bonchev–Trinajstić information content (AvgIpc) is 2.71. The number of para-hydroxylation sites is 1. The highest BCUT2D eigenvalue weighted by Gasteiger charge is 2.24. The number of nitrogens with zero attached hydrogens (tertiary/aromatic N) is 1. The van der Waals surface area contributed by atoms with Gasteiger partial charge in [-0.05, 0) is 25.5 Å². The van der Waals surface area contributed by atoms with Gasteiger partial charge in [0.25, 0.3) is 0 Å². The summed E-state index contributed by atoms with van der Waals surface area (Å²) < 4.78 is 56.2. The van der Waals surface area contributed by atoms with Gasteiger partial charge in [0.1, 0.15) is 5.69 Å². The van der Waals surface area contributed by atoms with Crippen LogP contribution in [0.15, 0.2) is 30.3 Å². The summed E-state index contributed by atoms with van der Waals surface area (Å²) in [4.78, 5) is 0. The van der Waals surface area contributed by atoms with Gasteiger partial charge in [0, 0.05) is 17.1 Å². The van der Waals surface area contributed by atoms with Gasteiger partial charge < -0.3 is 4.57 Å². The maximum absolute atomic E-state index is 14.0. The molecule has 0 aliphatic heterocycles. The second kappa shape index (κ2) is 4.62. The lowest BCUT2D eigenvalue weighted by Gasteiger charge is -2.12. The number of halogens is 4. The normalized spacial score (nSPS) is 11.3. The maximum atomic E-state index is 14.0. The molecule has 0 saturated carbocycles. The Morgan fingerprint density at radius 3 is 2.05 bits per heavy atom. The second-order valence-electron chi connectivity index (χ2n) is 4.88. The van der Waals surface area contributed by atoms with Gasteiger partial charge in [-0.1, -0.05) is 18.2 Å². The zero-order valence-corrected chi connectivity index (χ0v) is 11.3. The molecule has 0 saturated heterocycles. The summed E-state index contributed by atoms with van der Waals surface area (Å²) in [6.07, 6.45) is 0. The summed E-state index contributed by atoms with van der Waals surface area (Å²) in [6, 6.07) is 7.14. The summed E-state index contributed by atoms with van der Waals surface area (Å²) in [5.74, 6) is -5.65. The monoisotopic (exact) mass is 293 g/mol. The fourth-order valence-electron chi connectivity index (χ4n) is 2.57. The first-order valence-corrected chi connectivity index (χ1v) is 6.33. The minimum Gasteiger partial charge on any atom is -0.308 e. The van der Waals surface area contributed by atoms with Crippen LogP contribution in [-0.2, 0) is 0 Å². The van der Waals surface area contributed by atoms with Crippen molar-refractivity contribution in [1.82, 2.24) is 4.57 Å². The molecule has 21 heavy (non-hydrogen) atoms. The molecule has 0 unspecified atom stereocenters. The highest BCUT2D eigenvalue weighted by atomic mass is 19.2. The molecule has 3 rings (SSSR count).